The molecule has 0 saturated carbocycles. The second-order valence-electron chi connectivity index (χ2n) is 11.4. The van der Waals surface area contributed by atoms with Crippen LogP contribution in [0.4, 0.5) is 19.0 Å². The zero-order valence-electron chi connectivity index (χ0n) is 24.2. The number of carbonyl (C=O) groups excluding carboxylic acids is 4. The number of hydrogen-bond donors (Lipinski definition) is 1. The van der Waals surface area contributed by atoms with Crippen molar-refractivity contribution in [2.75, 3.05) is 19.2 Å². The zero-order chi connectivity index (χ0) is 33.6. The molecular formula is C31H23Br2ClF3N3O6. The molecule has 1 aromatic carbocycles. The van der Waals surface area contributed by atoms with E-state index in [1.54, 1.807) is 12.1 Å². The molecule has 15 heteroatoms. The highest BCUT2D eigenvalue weighted by Gasteiger charge is 2.58. The molecule has 0 bridgehead atoms. The van der Waals surface area contributed by atoms with Gasteiger partial charge in [0, 0.05) is 34.2 Å². The fourth-order valence-electron chi connectivity index (χ4n) is 6.90. The van der Waals surface area contributed by atoms with Crippen molar-refractivity contribution in [3.8, 4) is 11.5 Å². The molecule has 1 saturated heterocycles. The molecule has 3 aliphatic carbocycles. The number of phenols is 1. The Morgan fingerprint density at radius 1 is 1.11 bits per heavy atom. The second-order valence-corrected chi connectivity index (χ2v) is 13.4. The Morgan fingerprint density at radius 2 is 1.80 bits per heavy atom. The van der Waals surface area contributed by atoms with Gasteiger partial charge in [0.2, 0.25) is 0 Å². The monoisotopic (exact) mass is 783 g/mol. The number of aromatic hydroxyl groups is 1. The molecule has 6 rings (SSSR count). The zero-order valence-corrected chi connectivity index (χ0v) is 28.1. The number of methoxy groups -OCH3 is 1. The summed E-state index contributed by atoms with van der Waals surface area (Å²) in [6.07, 6.45) is -1.67. The first-order valence-corrected chi connectivity index (χ1v) is 15.8. The first-order valence-electron chi connectivity index (χ1n) is 13.9. The molecule has 1 fully saturated rings. The van der Waals surface area contributed by atoms with E-state index in [1.807, 2.05) is 0 Å². The number of fused-ring (bicyclic) bond motifs is 3. The van der Waals surface area contributed by atoms with Crippen LogP contribution in [0.15, 0.2) is 61.6 Å². The van der Waals surface area contributed by atoms with Gasteiger partial charge in [-0.05, 0) is 87.4 Å². The highest BCUT2D eigenvalue weighted by atomic mass is 79.9. The maximum atomic E-state index is 14.2. The molecule has 1 aliphatic heterocycles. The van der Waals surface area contributed by atoms with Gasteiger partial charge in [0.05, 0.1) is 28.4 Å². The molecular weight excluding hydrogens is 763 g/mol. The molecule has 4 atom stereocenters. The van der Waals surface area contributed by atoms with Crippen LogP contribution in [0.5, 0.6) is 11.5 Å². The summed E-state index contributed by atoms with van der Waals surface area (Å²) in [4.78, 5) is 58.7. The fourth-order valence-corrected chi connectivity index (χ4v) is 8.09. The Morgan fingerprint density at radius 3 is 2.46 bits per heavy atom. The summed E-state index contributed by atoms with van der Waals surface area (Å²) in [6.45, 7) is 1.52. The van der Waals surface area contributed by atoms with Gasteiger partial charge in [-0.1, -0.05) is 23.3 Å². The van der Waals surface area contributed by atoms with Crippen LogP contribution >= 0.6 is 43.5 Å². The smallest absolute Gasteiger partial charge is 0.433 e. The van der Waals surface area contributed by atoms with Gasteiger partial charge in [0.1, 0.15) is 5.69 Å². The van der Waals surface area contributed by atoms with Gasteiger partial charge in [0.15, 0.2) is 28.9 Å². The first-order chi connectivity index (χ1) is 21.6. The number of hydrazine groups is 1. The molecule has 4 aliphatic rings. The normalized spacial score (nSPS) is 24.4. The number of hydrogen-bond acceptors (Lipinski definition) is 8. The molecule has 1 N–H and O–H groups in total. The largest absolute Gasteiger partial charge is 0.503 e. The fraction of sp³-hybridized carbons (Fsp3) is 0.323. The van der Waals surface area contributed by atoms with Crippen molar-refractivity contribution in [2.45, 2.75) is 31.9 Å². The molecule has 1 aromatic heterocycles. The molecule has 2 heterocycles. The summed E-state index contributed by atoms with van der Waals surface area (Å²) in [5.74, 6) is -6.13. The van der Waals surface area contributed by atoms with E-state index < -0.39 is 53.2 Å². The number of aromatic nitrogens is 1. The maximum Gasteiger partial charge on any atom is 0.433 e. The number of phenolic OH excluding ortho intramolecular Hbond substituents is 1. The van der Waals surface area contributed by atoms with Crippen LogP contribution in [-0.4, -0.2) is 52.6 Å². The number of amides is 2. The van der Waals surface area contributed by atoms with E-state index in [1.165, 1.54) is 27.2 Å². The number of nitrogens with zero attached hydrogens (tertiary/aromatic N) is 3. The van der Waals surface area contributed by atoms with Crippen LogP contribution in [0.2, 0.25) is 5.02 Å². The number of alkyl halides is 3. The number of pyridine rings is 1. The molecule has 4 unspecified atom stereocenters. The number of benzene rings is 1. The summed E-state index contributed by atoms with van der Waals surface area (Å²) >= 11 is 13.1. The number of rotatable bonds is 4. The Hall–Kier alpha value is -3.49. The van der Waals surface area contributed by atoms with E-state index in [0.29, 0.717) is 21.7 Å². The third kappa shape index (κ3) is 4.82. The molecule has 240 valence electrons. The van der Waals surface area contributed by atoms with Gasteiger partial charge in [-0.2, -0.15) is 18.2 Å². The standard InChI is InChI=1S/C31H23Br2ClF3N3O6/c1-11-8-18(41)23-16(26(11)42)9-14-12(21(23)15-10-19(46-3)27(43)25(33)24(15)32)4-5-13-22(14)30(45)40(29(13)44)39(2)28-17(34)6-7-20(38-28)31(35,36)37/h4,6-8,10,13-14,21-22,43H,5,9H2,1-3H3. The minimum absolute atomic E-state index is 0.0122. The predicted octanol–water partition coefficient (Wildman–Crippen LogP) is 6.47. The van der Waals surface area contributed by atoms with Crippen LogP contribution in [0.3, 0.4) is 0 Å². The van der Waals surface area contributed by atoms with Crippen molar-refractivity contribution in [1.29, 1.82) is 0 Å². The minimum Gasteiger partial charge on any atom is -0.503 e. The van der Waals surface area contributed by atoms with Gasteiger partial charge < -0.3 is 9.84 Å². The number of Topliss-reactive ketones (excluding diaryl/α,β-unsaturated/α-hetero) is 1. The van der Waals surface area contributed by atoms with Gasteiger partial charge >= 0.3 is 6.18 Å². The summed E-state index contributed by atoms with van der Waals surface area (Å²) in [7, 11) is 2.59. The third-order valence-electron chi connectivity index (χ3n) is 8.97. The molecule has 2 aromatic rings. The quantitative estimate of drug-likeness (QED) is 0.213. The third-order valence-corrected chi connectivity index (χ3v) is 11.4. The van der Waals surface area contributed by atoms with Crippen LogP contribution in [0, 0.1) is 17.8 Å². The average molecular weight is 786 g/mol. The lowest BCUT2D eigenvalue weighted by atomic mass is 9.59. The SMILES string of the molecule is COc1cc(C2C3=CCC4C(=O)N(N(C)c5nc(C(F)(F)F)ccc5Cl)C(=O)C4C3CC3=C2C(=O)C=C(C)C3=O)c(Br)c(Br)c1O. The highest BCUT2D eigenvalue weighted by Crippen LogP contribution is 2.57. The summed E-state index contributed by atoms with van der Waals surface area (Å²) in [5, 5.41) is 12.1. The Labute approximate surface area is 281 Å². The summed E-state index contributed by atoms with van der Waals surface area (Å²) < 4.78 is 46.4. The minimum atomic E-state index is -4.80. The van der Waals surface area contributed by atoms with Crippen LogP contribution in [0.1, 0.15) is 36.9 Å². The molecule has 46 heavy (non-hydrogen) atoms. The Kier molecular flexibility index (Phi) is 8.00. The lowest BCUT2D eigenvalue weighted by Crippen LogP contribution is -2.46. The number of anilines is 1. The molecule has 9 nitrogen and oxygen atoms in total. The number of halogens is 6. The number of imide groups is 1. The number of allylic oxidation sites excluding steroid dienone is 6. The topological polar surface area (TPSA) is 117 Å². The number of ketones is 2. The Balaban J connectivity index is 1.47. The lowest BCUT2D eigenvalue weighted by molar-refractivity contribution is -0.141. The maximum absolute atomic E-state index is 14.2. The van der Waals surface area contributed by atoms with Crippen LogP contribution < -0.4 is 9.75 Å². The summed E-state index contributed by atoms with van der Waals surface area (Å²) in [5.41, 5.74) is 0.508. The van der Waals surface area contributed by atoms with Crippen molar-refractivity contribution >= 4 is 72.7 Å². The predicted molar refractivity (Wildman–Crippen MR) is 166 cm³/mol. The van der Waals surface area contributed by atoms with E-state index in [9.17, 15) is 37.5 Å². The van der Waals surface area contributed by atoms with Gasteiger partial charge in [-0.15, -0.1) is 0 Å². The molecule has 2 amide bonds. The average Bonchev–Trinajstić information content (AvgIpc) is 3.26. The first kappa shape index (κ1) is 32.5. The van der Waals surface area contributed by atoms with E-state index in [2.05, 4.69) is 36.8 Å². The van der Waals surface area contributed by atoms with Crippen molar-refractivity contribution in [1.82, 2.24) is 9.99 Å². The highest BCUT2D eigenvalue weighted by molar-refractivity contribution is 9.13. The van der Waals surface area contributed by atoms with E-state index >= 15 is 0 Å². The summed E-state index contributed by atoms with van der Waals surface area (Å²) in [6, 6.07) is 3.23. The van der Waals surface area contributed by atoms with Crippen LogP contribution in [-0.2, 0) is 25.4 Å². The van der Waals surface area contributed by atoms with Gasteiger partial charge in [-0.3, -0.25) is 24.2 Å². The van der Waals surface area contributed by atoms with Crippen molar-refractivity contribution in [3.05, 3.63) is 77.9 Å². The lowest BCUT2D eigenvalue weighted by Gasteiger charge is -2.42. The van der Waals surface area contributed by atoms with Crippen molar-refractivity contribution < 1.29 is 42.2 Å². The molecule has 0 radical (unpaired) electrons. The molecule has 0 spiro atoms. The van der Waals surface area contributed by atoms with Gasteiger partial charge in [0.25, 0.3) is 11.8 Å². The Bertz CT molecular complexity index is 1870. The van der Waals surface area contributed by atoms with E-state index in [0.717, 1.165) is 16.1 Å². The second kappa shape index (κ2) is 11.3. The van der Waals surface area contributed by atoms with Crippen molar-refractivity contribution in [3.63, 3.8) is 0 Å². The van der Waals surface area contributed by atoms with Crippen molar-refractivity contribution in [2.24, 2.45) is 17.8 Å². The number of ether oxygens (including phenoxy) is 1. The van der Waals surface area contributed by atoms with E-state index in [4.69, 9.17) is 16.3 Å². The number of carbonyl (C=O) groups is 4. The van der Waals surface area contributed by atoms with E-state index in [-0.39, 0.29) is 62.1 Å². The van der Waals surface area contributed by atoms with Crippen LogP contribution in [0.25, 0.3) is 0 Å². The van der Waals surface area contributed by atoms with Gasteiger partial charge in [-0.25, -0.2) is 4.98 Å².